The van der Waals surface area contributed by atoms with E-state index >= 15 is 0 Å². The first-order valence-corrected chi connectivity index (χ1v) is 7.08. The van der Waals surface area contributed by atoms with E-state index in [-0.39, 0.29) is 18.3 Å². The lowest BCUT2D eigenvalue weighted by molar-refractivity contribution is -0.0408. The number of nitrogens with zero attached hydrogens (tertiary/aromatic N) is 1. The van der Waals surface area contributed by atoms with Crippen LogP contribution in [-0.2, 0) is 4.74 Å². The van der Waals surface area contributed by atoms with E-state index < -0.39 is 0 Å². The normalized spacial score (nSPS) is 30.6. The van der Waals surface area contributed by atoms with Gasteiger partial charge in [-0.2, -0.15) is 11.8 Å². The highest BCUT2D eigenvalue weighted by atomic mass is 32.2. The van der Waals surface area contributed by atoms with Crippen molar-refractivity contribution in [1.82, 2.24) is 4.90 Å². The topological polar surface area (TPSA) is 49.8 Å². The van der Waals surface area contributed by atoms with Crippen molar-refractivity contribution in [2.45, 2.75) is 31.3 Å². The first-order valence-electron chi connectivity index (χ1n) is 5.92. The van der Waals surface area contributed by atoms with Crippen LogP contribution in [0.2, 0.25) is 0 Å². The molecule has 92 valence electrons. The Bertz CT molecular complexity index is 254. The first kappa shape index (κ1) is 12.0. The van der Waals surface area contributed by atoms with E-state index in [1.54, 1.807) is 4.90 Å². The smallest absolute Gasteiger partial charge is 0.410 e. The van der Waals surface area contributed by atoms with Crippen LogP contribution < -0.4 is 0 Å². The molecule has 2 saturated heterocycles. The van der Waals surface area contributed by atoms with Gasteiger partial charge >= 0.3 is 6.09 Å². The third-order valence-corrected chi connectivity index (χ3v) is 4.58. The summed E-state index contributed by atoms with van der Waals surface area (Å²) < 4.78 is 5.61. The van der Waals surface area contributed by atoms with Crippen molar-refractivity contribution in [1.29, 1.82) is 0 Å². The Morgan fingerprint density at radius 3 is 3.00 bits per heavy atom. The van der Waals surface area contributed by atoms with Crippen molar-refractivity contribution in [3.63, 3.8) is 0 Å². The summed E-state index contributed by atoms with van der Waals surface area (Å²) in [6.45, 7) is 1.52. The molecular weight excluding hydrogens is 226 g/mol. The highest BCUT2D eigenvalue weighted by molar-refractivity contribution is 7.99. The van der Waals surface area contributed by atoms with Crippen LogP contribution in [0.25, 0.3) is 0 Å². The average Bonchev–Trinajstić information content (AvgIpc) is 2.29. The minimum absolute atomic E-state index is 0.130. The van der Waals surface area contributed by atoms with Crippen LogP contribution in [0, 0.1) is 0 Å². The van der Waals surface area contributed by atoms with Crippen molar-refractivity contribution in [2.24, 2.45) is 0 Å². The molecule has 0 aliphatic carbocycles. The maximum Gasteiger partial charge on any atom is 0.410 e. The van der Waals surface area contributed by atoms with Crippen molar-refractivity contribution >= 4 is 17.9 Å². The molecule has 1 N–H and O–H groups in total. The molecular formula is C11H19NO3S. The van der Waals surface area contributed by atoms with Gasteiger partial charge in [-0.15, -0.1) is 0 Å². The minimum Gasteiger partial charge on any atom is -0.442 e. The van der Waals surface area contributed by atoms with Gasteiger partial charge in [0.1, 0.15) is 5.60 Å². The van der Waals surface area contributed by atoms with E-state index in [2.05, 4.69) is 0 Å². The number of amides is 1. The molecule has 0 aromatic carbocycles. The molecule has 0 aromatic heterocycles. The number of carbonyl (C=O) groups is 1. The first-order chi connectivity index (χ1) is 7.76. The molecule has 0 bridgehead atoms. The fraction of sp³-hybridized carbons (Fsp3) is 0.909. The Morgan fingerprint density at radius 1 is 1.50 bits per heavy atom. The van der Waals surface area contributed by atoms with Crippen LogP contribution in [0.4, 0.5) is 4.79 Å². The van der Waals surface area contributed by atoms with Crippen molar-refractivity contribution in [3.05, 3.63) is 0 Å². The van der Waals surface area contributed by atoms with Gasteiger partial charge in [-0.3, -0.25) is 0 Å². The van der Waals surface area contributed by atoms with Crippen molar-refractivity contribution < 1.29 is 14.6 Å². The van der Waals surface area contributed by atoms with Crippen LogP contribution >= 0.6 is 11.8 Å². The Labute approximate surface area is 100 Å². The number of rotatable bonds is 3. The molecule has 2 fully saturated rings. The van der Waals surface area contributed by atoms with Gasteiger partial charge in [-0.05, 0) is 25.0 Å². The average molecular weight is 245 g/mol. The quantitative estimate of drug-likeness (QED) is 0.818. The summed E-state index contributed by atoms with van der Waals surface area (Å²) in [5.41, 5.74) is -0.185. The Balaban J connectivity index is 1.88. The zero-order chi connectivity index (χ0) is 11.4. The summed E-state index contributed by atoms with van der Waals surface area (Å²) >= 11 is 1.89. The minimum atomic E-state index is -0.192. The highest BCUT2D eigenvalue weighted by Gasteiger charge is 2.41. The second-order valence-electron chi connectivity index (χ2n) is 4.52. The van der Waals surface area contributed by atoms with Crippen LogP contribution in [0.15, 0.2) is 0 Å². The fourth-order valence-corrected chi connectivity index (χ4v) is 3.51. The Hall–Kier alpha value is -0.420. The largest absolute Gasteiger partial charge is 0.442 e. The van der Waals surface area contributed by atoms with Gasteiger partial charge in [0.2, 0.25) is 0 Å². The van der Waals surface area contributed by atoms with Gasteiger partial charge in [0.15, 0.2) is 0 Å². The zero-order valence-electron chi connectivity index (χ0n) is 9.48. The maximum absolute atomic E-state index is 11.8. The summed E-state index contributed by atoms with van der Waals surface area (Å²) in [6.07, 6.45) is 3.55. The summed E-state index contributed by atoms with van der Waals surface area (Å²) in [6, 6.07) is 0. The second-order valence-corrected chi connectivity index (χ2v) is 5.63. The molecule has 0 saturated carbocycles. The standard InChI is InChI=1S/C11H19NO3S/c13-7-2-5-12-6-4-11(15-10(12)14)3-1-8-16-9-11/h13H,1-9H2. The zero-order valence-corrected chi connectivity index (χ0v) is 10.3. The lowest BCUT2D eigenvalue weighted by Gasteiger charge is -2.43. The SMILES string of the molecule is O=C1OC2(CCCSC2)CCN1CCCO. The molecule has 2 aliphatic heterocycles. The Kier molecular flexibility index (Phi) is 3.97. The molecule has 2 aliphatic rings. The summed E-state index contributed by atoms with van der Waals surface area (Å²) in [5, 5.41) is 8.74. The molecule has 1 unspecified atom stereocenters. The lowest BCUT2D eigenvalue weighted by atomic mass is 9.94. The van der Waals surface area contributed by atoms with E-state index in [1.807, 2.05) is 11.8 Å². The number of hydrogen-bond acceptors (Lipinski definition) is 4. The maximum atomic E-state index is 11.8. The fourth-order valence-electron chi connectivity index (χ4n) is 2.30. The lowest BCUT2D eigenvalue weighted by Crippen LogP contribution is -2.52. The van der Waals surface area contributed by atoms with Gasteiger partial charge in [-0.1, -0.05) is 0 Å². The molecule has 0 radical (unpaired) electrons. The molecule has 16 heavy (non-hydrogen) atoms. The molecule has 5 heteroatoms. The van der Waals surface area contributed by atoms with E-state index in [4.69, 9.17) is 9.84 Å². The summed E-state index contributed by atoms with van der Waals surface area (Å²) in [4.78, 5) is 13.5. The highest BCUT2D eigenvalue weighted by Crippen LogP contribution is 2.36. The van der Waals surface area contributed by atoms with E-state index in [1.165, 1.54) is 5.75 Å². The van der Waals surface area contributed by atoms with Crippen LogP contribution in [-0.4, -0.2) is 52.9 Å². The van der Waals surface area contributed by atoms with Crippen molar-refractivity contribution in [3.8, 4) is 0 Å². The molecule has 1 amide bonds. The van der Waals surface area contributed by atoms with Gasteiger partial charge in [0, 0.05) is 31.9 Å². The third kappa shape index (κ3) is 2.63. The van der Waals surface area contributed by atoms with Gasteiger partial charge in [0.25, 0.3) is 0 Å². The number of aliphatic hydroxyl groups excluding tert-OH is 1. The third-order valence-electron chi connectivity index (χ3n) is 3.27. The number of ether oxygens (including phenoxy) is 1. The van der Waals surface area contributed by atoms with E-state index in [0.717, 1.165) is 31.6 Å². The van der Waals surface area contributed by atoms with Gasteiger partial charge in [0.05, 0.1) is 0 Å². The molecule has 2 rings (SSSR count). The number of hydrogen-bond donors (Lipinski definition) is 1. The predicted molar refractivity (Wildman–Crippen MR) is 63.7 cm³/mol. The molecule has 0 aromatic rings. The number of thioether (sulfide) groups is 1. The predicted octanol–water partition coefficient (Wildman–Crippen LogP) is 1.48. The number of carbonyl (C=O) groups excluding carboxylic acids is 1. The second kappa shape index (κ2) is 5.27. The summed E-state index contributed by atoms with van der Waals surface area (Å²) in [7, 11) is 0. The van der Waals surface area contributed by atoms with Crippen LogP contribution in [0.5, 0.6) is 0 Å². The Morgan fingerprint density at radius 2 is 2.38 bits per heavy atom. The molecule has 2 heterocycles. The molecule has 4 nitrogen and oxygen atoms in total. The van der Waals surface area contributed by atoms with Crippen LogP contribution in [0.1, 0.15) is 25.7 Å². The van der Waals surface area contributed by atoms with E-state index in [0.29, 0.717) is 13.0 Å². The molecule has 1 atom stereocenters. The van der Waals surface area contributed by atoms with Crippen LogP contribution in [0.3, 0.4) is 0 Å². The monoisotopic (exact) mass is 245 g/mol. The summed E-state index contributed by atoms with van der Waals surface area (Å²) in [5.74, 6) is 2.14. The number of aliphatic hydroxyl groups is 1. The van der Waals surface area contributed by atoms with Gasteiger partial charge < -0.3 is 14.7 Å². The molecule has 1 spiro atoms. The van der Waals surface area contributed by atoms with E-state index in [9.17, 15) is 4.79 Å². The van der Waals surface area contributed by atoms with Crippen molar-refractivity contribution in [2.75, 3.05) is 31.2 Å². The van der Waals surface area contributed by atoms with Gasteiger partial charge in [-0.25, -0.2) is 4.79 Å².